The van der Waals surface area contributed by atoms with Crippen molar-refractivity contribution in [2.24, 2.45) is 0 Å². The molecule has 2 rings (SSSR count). The molecule has 0 radical (unpaired) electrons. The first kappa shape index (κ1) is 13.4. The van der Waals surface area contributed by atoms with Crippen molar-refractivity contribution < 1.29 is 4.79 Å². The zero-order valence-corrected chi connectivity index (χ0v) is 11.4. The van der Waals surface area contributed by atoms with Gasteiger partial charge in [0.15, 0.2) is 5.01 Å². The van der Waals surface area contributed by atoms with Crippen molar-refractivity contribution >= 4 is 22.4 Å². The fourth-order valence-corrected chi connectivity index (χ4v) is 2.18. The molecular formula is C12H15N5OS. The van der Waals surface area contributed by atoms with Crippen LogP contribution >= 0.6 is 11.3 Å². The molecule has 0 saturated carbocycles. The Balaban J connectivity index is 1.80. The van der Waals surface area contributed by atoms with E-state index in [0.29, 0.717) is 6.54 Å². The fraction of sp³-hybridized carbons (Fsp3) is 0.333. The maximum atomic E-state index is 10.7. The molecule has 0 bridgehead atoms. The Kier molecular flexibility index (Phi) is 4.79. The first-order valence-electron chi connectivity index (χ1n) is 5.99. The topological polar surface area (TPSA) is 79.8 Å². The molecule has 0 spiro atoms. The van der Waals surface area contributed by atoms with E-state index in [-0.39, 0.29) is 5.91 Å². The van der Waals surface area contributed by atoms with E-state index in [1.165, 1.54) is 18.3 Å². The van der Waals surface area contributed by atoms with Gasteiger partial charge in [-0.1, -0.05) is 17.4 Å². The molecule has 0 fully saturated rings. The summed E-state index contributed by atoms with van der Waals surface area (Å²) in [6, 6.07) is 5.69. The monoisotopic (exact) mass is 277 g/mol. The summed E-state index contributed by atoms with van der Waals surface area (Å²) in [5.74, 6) is -0.00615. The van der Waals surface area contributed by atoms with Gasteiger partial charge in [0.05, 0.1) is 0 Å². The first-order chi connectivity index (χ1) is 9.25. The lowest BCUT2D eigenvalue weighted by Crippen LogP contribution is -2.22. The molecule has 2 aromatic rings. The molecule has 0 saturated heterocycles. The molecule has 0 aliphatic carbocycles. The quantitative estimate of drug-likeness (QED) is 0.783. The van der Waals surface area contributed by atoms with Crippen LogP contribution in [0.2, 0.25) is 0 Å². The number of hydrogen-bond donors (Lipinski definition) is 2. The summed E-state index contributed by atoms with van der Waals surface area (Å²) in [6.07, 6.45) is 2.58. The van der Waals surface area contributed by atoms with Gasteiger partial charge in [-0.25, -0.2) is 0 Å². The van der Waals surface area contributed by atoms with E-state index in [9.17, 15) is 4.79 Å². The molecule has 100 valence electrons. The number of hydrogen-bond acceptors (Lipinski definition) is 6. The van der Waals surface area contributed by atoms with Gasteiger partial charge in [-0.15, -0.1) is 10.2 Å². The fourth-order valence-electron chi connectivity index (χ4n) is 1.44. The molecule has 19 heavy (non-hydrogen) atoms. The molecule has 2 heterocycles. The highest BCUT2D eigenvalue weighted by Gasteiger charge is 2.06. The summed E-state index contributed by atoms with van der Waals surface area (Å²) in [5, 5.41) is 15.6. The SMILES string of the molecule is CC(=O)NCCCNc1nnc(-c2ccccn2)s1. The van der Waals surface area contributed by atoms with Crippen LogP contribution in [-0.4, -0.2) is 34.2 Å². The van der Waals surface area contributed by atoms with E-state index in [4.69, 9.17) is 0 Å². The van der Waals surface area contributed by atoms with Crippen molar-refractivity contribution in [1.82, 2.24) is 20.5 Å². The van der Waals surface area contributed by atoms with E-state index in [2.05, 4.69) is 25.8 Å². The van der Waals surface area contributed by atoms with Gasteiger partial charge >= 0.3 is 0 Å². The Labute approximate surface area is 115 Å². The zero-order chi connectivity index (χ0) is 13.5. The van der Waals surface area contributed by atoms with Crippen LogP contribution in [0.3, 0.4) is 0 Å². The lowest BCUT2D eigenvalue weighted by Gasteiger charge is -2.02. The predicted molar refractivity (Wildman–Crippen MR) is 74.9 cm³/mol. The van der Waals surface area contributed by atoms with Gasteiger partial charge in [0.25, 0.3) is 0 Å². The van der Waals surface area contributed by atoms with Crippen molar-refractivity contribution in [1.29, 1.82) is 0 Å². The number of carbonyl (C=O) groups excluding carboxylic acids is 1. The molecule has 0 aliphatic heterocycles. The summed E-state index contributed by atoms with van der Waals surface area (Å²) < 4.78 is 0. The number of nitrogens with one attached hydrogen (secondary N) is 2. The van der Waals surface area contributed by atoms with Crippen molar-refractivity contribution in [3.05, 3.63) is 24.4 Å². The molecule has 0 unspecified atom stereocenters. The third kappa shape index (κ3) is 4.29. The number of nitrogens with zero attached hydrogens (tertiary/aromatic N) is 3. The van der Waals surface area contributed by atoms with Crippen molar-refractivity contribution in [2.45, 2.75) is 13.3 Å². The Morgan fingerprint density at radius 2 is 2.21 bits per heavy atom. The molecule has 1 amide bonds. The van der Waals surface area contributed by atoms with Crippen LogP contribution in [0.1, 0.15) is 13.3 Å². The highest BCUT2D eigenvalue weighted by atomic mass is 32.1. The van der Waals surface area contributed by atoms with E-state index < -0.39 is 0 Å². The number of carbonyl (C=O) groups is 1. The summed E-state index contributed by atoms with van der Waals surface area (Å²) in [5.41, 5.74) is 0.825. The largest absolute Gasteiger partial charge is 0.360 e. The van der Waals surface area contributed by atoms with Gasteiger partial charge in [0.2, 0.25) is 11.0 Å². The molecule has 2 N–H and O–H groups in total. The predicted octanol–water partition coefficient (Wildman–Crippen LogP) is 1.54. The minimum absolute atomic E-state index is 0.00615. The van der Waals surface area contributed by atoms with Crippen molar-refractivity contribution in [2.75, 3.05) is 18.4 Å². The van der Waals surface area contributed by atoms with Crippen molar-refractivity contribution in [3.8, 4) is 10.7 Å². The second kappa shape index (κ2) is 6.79. The van der Waals surface area contributed by atoms with Crippen LogP contribution in [0, 0.1) is 0 Å². The standard InChI is InChI=1S/C12H15N5OS/c1-9(18)13-7-4-8-15-12-17-16-11(19-12)10-5-2-3-6-14-10/h2-3,5-6H,4,7-8H2,1H3,(H,13,18)(H,15,17). The highest BCUT2D eigenvalue weighted by Crippen LogP contribution is 2.23. The maximum absolute atomic E-state index is 10.7. The van der Waals surface area contributed by atoms with Gasteiger partial charge < -0.3 is 10.6 Å². The number of rotatable bonds is 6. The van der Waals surface area contributed by atoms with E-state index in [1.54, 1.807) is 6.20 Å². The van der Waals surface area contributed by atoms with Crippen LogP contribution in [0.4, 0.5) is 5.13 Å². The molecule has 0 aromatic carbocycles. The minimum atomic E-state index is -0.00615. The van der Waals surface area contributed by atoms with Gasteiger partial charge in [-0.05, 0) is 18.6 Å². The van der Waals surface area contributed by atoms with E-state index in [1.807, 2.05) is 18.2 Å². The molecule has 7 heteroatoms. The number of anilines is 1. The lowest BCUT2D eigenvalue weighted by atomic mass is 10.4. The van der Waals surface area contributed by atoms with Crippen LogP contribution in [0.5, 0.6) is 0 Å². The third-order valence-electron chi connectivity index (χ3n) is 2.31. The average Bonchev–Trinajstić information content (AvgIpc) is 2.88. The molecule has 0 atom stereocenters. The Hall–Kier alpha value is -2.02. The van der Waals surface area contributed by atoms with Gasteiger partial charge in [-0.2, -0.15) is 0 Å². The number of aromatic nitrogens is 3. The lowest BCUT2D eigenvalue weighted by molar-refractivity contribution is -0.118. The smallest absolute Gasteiger partial charge is 0.216 e. The summed E-state index contributed by atoms with van der Waals surface area (Å²) in [7, 11) is 0. The maximum Gasteiger partial charge on any atom is 0.216 e. The second-order valence-corrected chi connectivity index (χ2v) is 4.87. The highest BCUT2D eigenvalue weighted by molar-refractivity contribution is 7.18. The minimum Gasteiger partial charge on any atom is -0.360 e. The third-order valence-corrected chi connectivity index (χ3v) is 3.22. The van der Waals surface area contributed by atoms with E-state index in [0.717, 1.165) is 28.8 Å². The van der Waals surface area contributed by atoms with Gasteiger partial charge in [0.1, 0.15) is 5.69 Å². The number of pyridine rings is 1. The van der Waals surface area contributed by atoms with Crippen LogP contribution in [0.15, 0.2) is 24.4 Å². The molecular weight excluding hydrogens is 262 g/mol. The summed E-state index contributed by atoms with van der Waals surface area (Å²) in [4.78, 5) is 14.9. The average molecular weight is 277 g/mol. The molecule has 2 aromatic heterocycles. The Morgan fingerprint density at radius 3 is 2.95 bits per heavy atom. The van der Waals surface area contributed by atoms with Crippen LogP contribution in [-0.2, 0) is 4.79 Å². The Morgan fingerprint density at radius 1 is 1.32 bits per heavy atom. The molecule has 0 aliphatic rings. The van der Waals surface area contributed by atoms with E-state index >= 15 is 0 Å². The Bertz CT molecular complexity index is 528. The molecule has 6 nitrogen and oxygen atoms in total. The summed E-state index contributed by atoms with van der Waals surface area (Å²) >= 11 is 1.47. The summed E-state index contributed by atoms with van der Waals surface area (Å²) in [6.45, 7) is 2.92. The van der Waals surface area contributed by atoms with Crippen LogP contribution < -0.4 is 10.6 Å². The van der Waals surface area contributed by atoms with Gasteiger partial charge in [-0.3, -0.25) is 9.78 Å². The van der Waals surface area contributed by atoms with Gasteiger partial charge in [0, 0.05) is 26.2 Å². The normalized spacial score (nSPS) is 10.2. The van der Waals surface area contributed by atoms with Crippen molar-refractivity contribution in [3.63, 3.8) is 0 Å². The first-order valence-corrected chi connectivity index (χ1v) is 6.80. The zero-order valence-electron chi connectivity index (χ0n) is 10.6. The van der Waals surface area contributed by atoms with Crippen LogP contribution in [0.25, 0.3) is 10.7 Å². The number of amides is 1. The second-order valence-electron chi connectivity index (χ2n) is 3.89.